The predicted molar refractivity (Wildman–Crippen MR) is 79.9 cm³/mol. The van der Waals surface area contributed by atoms with Gasteiger partial charge < -0.3 is 10.1 Å². The van der Waals surface area contributed by atoms with Crippen LogP contribution in [0.15, 0.2) is 5.16 Å². The average Bonchev–Trinajstić information content (AvgIpc) is 3.11. The molecule has 0 saturated carbocycles. The van der Waals surface area contributed by atoms with Gasteiger partial charge in [-0.15, -0.1) is 5.10 Å². The first-order chi connectivity index (χ1) is 9.90. The molecule has 1 fully saturated rings. The Morgan fingerprint density at radius 2 is 2.40 bits per heavy atom. The molecule has 6 nitrogen and oxygen atoms in total. The zero-order chi connectivity index (χ0) is 14.0. The Bertz CT molecular complexity index is 367. The number of aromatic nitrogens is 4. The lowest BCUT2D eigenvalue weighted by Crippen LogP contribution is -2.21. The van der Waals surface area contributed by atoms with Gasteiger partial charge in [0.15, 0.2) is 0 Å². The highest BCUT2D eigenvalue weighted by Crippen LogP contribution is 2.20. The smallest absolute Gasteiger partial charge is 0.209 e. The minimum absolute atomic E-state index is 0.491. The molecule has 1 aliphatic rings. The van der Waals surface area contributed by atoms with Crippen molar-refractivity contribution in [1.82, 2.24) is 25.5 Å². The van der Waals surface area contributed by atoms with Crippen LogP contribution in [0.3, 0.4) is 0 Å². The fourth-order valence-corrected chi connectivity index (χ4v) is 3.14. The molecule has 2 heterocycles. The van der Waals surface area contributed by atoms with Gasteiger partial charge in [0.05, 0.1) is 12.6 Å². The van der Waals surface area contributed by atoms with E-state index in [1.807, 2.05) is 4.68 Å². The van der Waals surface area contributed by atoms with E-state index in [0.717, 1.165) is 56.4 Å². The molecule has 1 unspecified atom stereocenters. The van der Waals surface area contributed by atoms with E-state index in [-0.39, 0.29) is 0 Å². The number of hydrogen-bond acceptors (Lipinski definition) is 6. The van der Waals surface area contributed by atoms with E-state index in [0.29, 0.717) is 6.10 Å². The zero-order valence-electron chi connectivity index (χ0n) is 12.3. The van der Waals surface area contributed by atoms with Crippen molar-refractivity contribution in [1.29, 1.82) is 0 Å². The summed E-state index contributed by atoms with van der Waals surface area (Å²) in [4.78, 5) is 0. The number of rotatable bonds is 10. The van der Waals surface area contributed by atoms with Gasteiger partial charge in [0.2, 0.25) is 5.16 Å². The summed E-state index contributed by atoms with van der Waals surface area (Å²) in [6.45, 7) is 5.91. The van der Waals surface area contributed by atoms with Crippen molar-refractivity contribution in [3.63, 3.8) is 0 Å². The highest BCUT2D eigenvalue weighted by atomic mass is 32.2. The normalized spacial score (nSPS) is 18.8. The largest absolute Gasteiger partial charge is 0.378 e. The fourth-order valence-electron chi connectivity index (χ4n) is 2.27. The monoisotopic (exact) mass is 299 g/mol. The molecular weight excluding hydrogens is 274 g/mol. The number of nitrogens with zero attached hydrogens (tertiary/aromatic N) is 4. The van der Waals surface area contributed by atoms with E-state index in [1.54, 1.807) is 11.8 Å². The standard InChI is InChI=1S/C13H25N5OS/c1-2-7-14-8-9-18-13(15-16-17-18)20-11-4-6-12-5-3-10-19-12/h12,14H,2-11H2,1H3. The lowest BCUT2D eigenvalue weighted by molar-refractivity contribution is 0.104. The highest BCUT2D eigenvalue weighted by molar-refractivity contribution is 7.99. The molecule has 1 aromatic heterocycles. The molecule has 1 aliphatic heterocycles. The van der Waals surface area contributed by atoms with Crippen LogP contribution in [0.4, 0.5) is 0 Å². The number of thioether (sulfide) groups is 1. The van der Waals surface area contributed by atoms with Crippen LogP contribution in [0.5, 0.6) is 0 Å². The second kappa shape index (κ2) is 9.31. The minimum Gasteiger partial charge on any atom is -0.378 e. The molecule has 0 amide bonds. The van der Waals surface area contributed by atoms with Crippen LogP contribution in [0, 0.1) is 0 Å². The molecule has 1 aromatic rings. The molecule has 7 heteroatoms. The van der Waals surface area contributed by atoms with Crippen LogP contribution < -0.4 is 5.32 Å². The summed E-state index contributed by atoms with van der Waals surface area (Å²) < 4.78 is 7.52. The summed E-state index contributed by atoms with van der Waals surface area (Å²) in [7, 11) is 0. The van der Waals surface area contributed by atoms with Crippen molar-refractivity contribution in [2.24, 2.45) is 0 Å². The Morgan fingerprint density at radius 1 is 1.45 bits per heavy atom. The van der Waals surface area contributed by atoms with Gasteiger partial charge in [-0.2, -0.15) is 0 Å². The number of nitrogens with one attached hydrogen (secondary N) is 1. The van der Waals surface area contributed by atoms with Gasteiger partial charge in [-0.3, -0.25) is 0 Å². The summed E-state index contributed by atoms with van der Waals surface area (Å²) in [5, 5.41) is 16.2. The van der Waals surface area contributed by atoms with Crippen LogP contribution in [-0.4, -0.2) is 51.8 Å². The van der Waals surface area contributed by atoms with Crippen LogP contribution in [0.25, 0.3) is 0 Å². The van der Waals surface area contributed by atoms with Gasteiger partial charge >= 0.3 is 0 Å². The zero-order valence-corrected chi connectivity index (χ0v) is 13.1. The Kier molecular flexibility index (Phi) is 7.32. The molecule has 0 aliphatic carbocycles. The maximum absolute atomic E-state index is 5.63. The summed E-state index contributed by atoms with van der Waals surface area (Å²) in [6.07, 6.45) is 6.42. The highest BCUT2D eigenvalue weighted by Gasteiger charge is 2.15. The van der Waals surface area contributed by atoms with Gasteiger partial charge in [0.25, 0.3) is 0 Å². The molecule has 1 N–H and O–H groups in total. The first kappa shape index (κ1) is 15.7. The summed E-state index contributed by atoms with van der Waals surface area (Å²) >= 11 is 1.74. The van der Waals surface area contributed by atoms with Crippen molar-refractivity contribution in [2.75, 3.05) is 25.4 Å². The Hall–Kier alpha value is -0.660. The van der Waals surface area contributed by atoms with Crippen molar-refractivity contribution in [3.8, 4) is 0 Å². The molecule has 0 spiro atoms. The number of tetrazole rings is 1. The van der Waals surface area contributed by atoms with Crippen molar-refractivity contribution >= 4 is 11.8 Å². The lowest BCUT2D eigenvalue weighted by atomic mass is 10.1. The summed E-state index contributed by atoms with van der Waals surface area (Å²) in [5.74, 6) is 1.06. The molecule has 114 valence electrons. The Morgan fingerprint density at radius 3 is 3.20 bits per heavy atom. The number of ether oxygens (including phenoxy) is 1. The molecule has 0 radical (unpaired) electrons. The van der Waals surface area contributed by atoms with Crippen LogP contribution in [-0.2, 0) is 11.3 Å². The van der Waals surface area contributed by atoms with Crippen LogP contribution in [0.1, 0.15) is 39.0 Å². The first-order valence-corrected chi connectivity index (χ1v) is 8.60. The second-order valence-electron chi connectivity index (χ2n) is 5.06. The van der Waals surface area contributed by atoms with Gasteiger partial charge in [-0.25, -0.2) is 4.68 Å². The van der Waals surface area contributed by atoms with Crippen LogP contribution >= 0.6 is 11.8 Å². The third kappa shape index (κ3) is 5.38. The Labute approximate surface area is 125 Å². The molecule has 0 aromatic carbocycles. The van der Waals surface area contributed by atoms with E-state index >= 15 is 0 Å². The molecule has 1 saturated heterocycles. The van der Waals surface area contributed by atoms with E-state index in [9.17, 15) is 0 Å². The summed E-state index contributed by atoms with van der Waals surface area (Å²) in [5.41, 5.74) is 0. The van der Waals surface area contributed by atoms with Crippen molar-refractivity contribution in [2.45, 2.75) is 56.8 Å². The van der Waals surface area contributed by atoms with Gasteiger partial charge in [0, 0.05) is 18.9 Å². The maximum Gasteiger partial charge on any atom is 0.209 e. The fraction of sp³-hybridized carbons (Fsp3) is 0.923. The number of hydrogen-bond donors (Lipinski definition) is 1. The average molecular weight is 299 g/mol. The Balaban J connectivity index is 1.61. The third-order valence-electron chi connectivity index (χ3n) is 3.35. The molecule has 0 bridgehead atoms. The topological polar surface area (TPSA) is 64.9 Å². The third-order valence-corrected chi connectivity index (χ3v) is 4.40. The van der Waals surface area contributed by atoms with Crippen molar-refractivity contribution < 1.29 is 4.74 Å². The SMILES string of the molecule is CCCNCCn1nnnc1SCCCC1CCCO1. The summed E-state index contributed by atoms with van der Waals surface area (Å²) in [6, 6.07) is 0. The van der Waals surface area contributed by atoms with E-state index in [2.05, 4.69) is 27.8 Å². The van der Waals surface area contributed by atoms with Gasteiger partial charge in [-0.1, -0.05) is 18.7 Å². The van der Waals surface area contributed by atoms with E-state index in [4.69, 9.17) is 4.74 Å². The van der Waals surface area contributed by atoms with Gasteiger partial charge in [-0.05, 0) is 49.1 Å². The van der Waals surface area contributed by atoms with Gasteiger partial charge in [0.1, 0.15) is 0 Å². The predicted octanol–water partition coefficient (Wildman–Crippen LogP) is 1.72. The molecular formula is C13H25N5OS. The van der Waals surface area contributed by atoms with Crippen LogP contribution in [0.2, 0.25) is 0 Å². The molecule has 1 atom stereocenters. The molecule has 20 heavy (non-hydrogen) atoms. The second-order valence-corrected chi connectivity index (χ2v) is 6.12. The lowest BCUT2D eigenvalue weighted by Gasteiger charge is -2.08. The minimum atomic E-state index is 0.491. The quantitative estimate of drug-likeness (QED) is 0.524. The maximum atomic E-state index is 5.63. The van der Waals surface area contributed by atoms with E-state index in [1.165, 1.54) is 12.8 Å². The van der Waals surface area contributed by atoms with Crippen molar-refractivity contribution in [3.05, 3.63) is 0 Å². The van der Waals surface area contributed by atoms with E-state index < -0.39 is 0 Å². The molecule has 2 rings (SSSR count). The first-order valence-electron chi connectivity index (χ1n) is 7.61.